The number of allylic oxidation sites excluding steroid dienone is 5. The highest BCUT2D eigenvalue weighted by Gasteiger charge is 2.19. The Morgan fingerprint density at radius 2 is 1.30 bits per heavy atom. The maximum atomic E-state index is 4.15. The van der Waals surface area contributed by atoms with Crippen molar-refractivity contribution in [2.24, 2.45) is 0 Å². The Bertz CT molecular complexity index is 2360. The van der Waals surface area contributed by atoms with Gasteiger partial charge < -0.3 is 14.8 Å². The molecule has 6 aromatic carbocycles. The van der Waals surface area contributed by atoms with Crippen LogP contribution in [0.5, 0.6) is 0 Å². The number of aromatic nitrogens is 1. The lowest BCUT2D eigenvalue weighted by Gasteiger charge is -2.27. The standard InChI is InChI=1S/C47H41N3/c1-5-8-22-45(48-4)36-26-30-41(31-27-36)49(38(6-2)7-3)40-28-24-35(25-29-40)43-32-37(34-17-11-9-12-18-34)33-44-42-21-15-16-23-46(42)50(47(43)44)39-19-13-10-14-20-39/h5-33,48H,2H2,1,3-4H3/b8-5-,38-7+,45-22-. The number of nitrogens with zero attached hydrogens (tertiary/aromatic N) is 2. The second kappa shape index (κ2) is 14.4. The summed E-state index contributed by atoms with van der Waals surface area (Å²) in [5.41, 5.74) is 13.6. The topological polar surface area (TPSA) is 20.2 Å². The number of hydrogen-bond acceptors (Lipinski definition) is 2. The van der Waals surface area contributed by atoms with E-state index in [4.69, 9.17) is 0 Å². The first-order chi connectivity index (χ1) is 24.6. The van der Waals surface area contributed by atoms with Gasteiger partial charge in [0.25, 0.3) is 0 Å². The number of nitrogens with one attached hydrogen (secondary N) is 1. The summed E-state index contributed by atoms with van der Waals surface area (Å²) in [5, 5.41) is 5.79. The van der Waals surface area contributed by atoms with Crippen molar-refractivity contribution < 1.29 is 0 Å². The van der Waals surface area contributed by atoms with E-state index in [1.165, 1.54) is 38.5 Å². The van der Waals surface area contributed by atoms with Gasteiger partial charge >= 0.3 is 0 Å². The Morgan fingerprint density at radius 3 is 1.94 bits per heavy atom. The van der Waals surface area contributed by atoms with Crippen molar-refractivity contribution in [1.82, 2.24) is 9.88 Å². The summed E-state index contributed by atoms with van der Waals surface area (Å²) in [5.74, 6) is 0. The van der Waals surface area contributed by atoms with Crippen molar-refractivity contribution >= 4 is 38.9 Å². The third-order valence-corrected chi connectivity index (χ3v) is 9.25. The summed E-state index contributed by atoms with van der Waals surface area (Å²) in [4.78, 5) is 2.26. The van der Waals surface area contributed by atoms with E-state index in [0.29, 0.717) is 0 Å². The second-order valence-electron chi connectivity index (χ2n) is 12.2. The smallest absolute Gasteiger partial charge is 0.0619 e. The monoisotopic (exact) mass is 647 g/mol. The van der Waals surface area contributed by atoms with Crippen LogP contribution in [0.2, 0.25) is 0 Å². The first-order valence-corrected chi connectivity index (χ1v) is 17.1. The van der Waals surface area contributed by atoms with Gasteiger partial charge in [-0.1, -0.05) is 116 Å². The van der Waals surface area contributed by atoms with E-state index in [1.54, 1.807) is 0 Å². The van der Waals surface area contributed by atoms with E-state index < -0.39 is 0 Å². The average Bonchev–Trinajstić information content (AvgIpc) is 3.52. The fourth-order valence-electron chi connectivity index (χ4n) is 6.84. The highest BCUT2D eigenvalue weighted by Crippen LogP contribution is 2.42. The first-order valence-electron chi connectivity index (χ1n) is 17.1. The van der Waals surface area contributed by atoms with Gasteiger partial charge in [0.2, 0.25) is 0 Å². The summed E-state index contributed by atoms with van der Waals surface area (Å²) in [7, 11) is 1.95. The Labute approximate surface area is 295 Å². The van der Waals surface area contributed by atoms with Crippen molar-refractivity contribution in [1.29, 1.82) is 0 Å². The minimum Gasteiger partial charge on any atom is -0.388 e. The van der Waals surface area contributed by atoms with Gasteiger partial charge in [-0.05, 0) is 103 Å². The predicted octanol–water partition coefficient (Wildman–Crippen LogP) is 12.5. The molecule has 1 aromatic heterocycles. The normalized spacial score (nSPS) is 12.1. The van der Waals surface area contributed by atoms with Crippen LogP contribution < -0.4 is 10.2 Å². The van der Waals surface area contributed by atoms with Crippen molar-refractivity contribution in [3.63, 3.8) is 0 Å². The van der Waals surface area contributed by atoms with Crippen LogP contribution in [0, 0.1) is 0 Å². The number of fused-ring (bicyclic) bond motifs is 3. The number of benzene rings is 6. The Balaban J connectivity index is 1.40. The predicted molar refractivity (Wildman–Crippen MR) is 216 cm³/mol. The van der Waals surface area contributed by atoms with Crippen LogP contribution in [-0.2, 0) is 0 Å². The summed E-state index contributed by atoms with van der Waals surface area (Å²) >= 11 is 0. The van der Waals surface area contributed by atoms with E-state index in [0.717, 1.165) is 39.6 Å². The van der Waals surface area contributed by atoms with Crippen molar-refractivity contribution in [3.8, 4) is 27.9 Å². The highest BCUT2D eigenvalue weighted by atomic mass is 15.1. The van der Waals surface area contributed by atoms with Crippen LogP contribution in [-0.4, -0.2) is 11.6 Å². The molecule has 0 amide bonds. The quantitative estimate of drug-likeness (QED) is 0.149. The summed E-state index contributed by atoms with van der Waals surface area (Å²) in [6.07, 6.45) is 10.2. The maximum absolute atomic E-state index is 4.15. The molecule has 0 bridgehead atoms. The summed E-state index contributed by atoms with van der Waals surface area (Å²) in [6, 6.07) is 52.4. The molecule has 1 N–H and O–H groups in total. The molecule has 50 heavy (non-hydrogen) atoms. The summed E-state index contributed by atoms with van der Waals surface area (Å²) in [6.45, 7) is 8.23. The molecule has 0 saturated carbocycles. The van der Waals surface area contributed by atoms with E-state index in [2.05, 4.69) is 186 Å². The van der Waals surface area contributed by atoms with Crippen molar-refractivity contribution in [3.05, 3.63) is 194 Å². The number of anilines is 2. The lowest BCUT2D eigenvalue weighted by molar-refractivity contribution is 1.12. The van der Waals surface area contributed by atoms with Crippen LogP contribution >= 0.6 is 0 Å². The third kappa shape index (κ3) is 6.06. The van der Waals surface area contributed by atoms with Gasteiger partial charge in [0.1, 0.15) is 0 Å². The van der Waals surface area contributed by atoms with Crippen LogP contribution in [0.25, 0.3) is 55.4 Å². The number of rotatable bonds is 10. The zero-order valence-corrected chi connectivity index (χ0v) is 28.8. The minimum atomic E-state index is 1.02. The highest BCUT2D eigenvalue weighted by molar-refractivity contribution is 6.15. The van der Waals surface area contributed by atoms with Crippen molar-refractivity contribution in [2.45, 2.75) is 13.8 Å². The van der Waals surface area contributed by atoms with Crippen LogP contribution in [0.3, 0.4) is 0 Å². The molecular weight excluding hydrogens is 607 g/mol. The molecule has 7 aromatic rings. The van der Waals surface area contributed by atoms with Gasteiger partial charge in [0.05, 0.1) is 11.0 Å². The lowest BCUT2D eigenvalue weighted by Crippen LogP contribution is -2.15. The third-order valence-electron chi connectivity index (χ3n) is 9.25. The van der Waals surface area contributed by atoms with Crippen molar-refractivity contribution in [2.75, 3.05) is 11.9 Å². The molecule has 3 nitrogen and oxygen atoms in total. The molecule has 0 spiro atoms. The number of para-hydroxylation sites is 2. The molecule has 0 aliphatic heterocycles. The molecule has 1 heterocycles. The van der Waals surface area contributed by atoms with Gasteiger partial charge in [-0.15, -0.1) is 0 Å². The van der Waals surface area contributed by atoms with E-state index >= 15 is 0 Å². The lowest BCUT2D eigenvalue weighted by atomic mass is 9.95. The molecule has 0 radical (unpaired) electrons. The SMILES string of the molecule is C=C/C(=C\C)N(c1ccc(/C(=C/C=C\C)NC)cc1)c1ccc(-c2cc(-c3ccccc3)cc3c4ccccc4n(-c4ccccc4)c23)cc1. The Morgan fingerprint density at radius 1 is 0.660 bits per heavy atom. The van der Waals surface area contributed by atoms with Gasteiger partial charge in [-0.3, -0.25) is 0 Å². The van der Waals surface area contributed by atoms with E-state index in [1.807, 2.05) is 32.2 Å². The zero-order valence-electron chi connectivity index (χ0n) is 28.8. The van der Waals surface area contributed by atoms with E-state index in [-0.39, 0.29) is 0 Å². The molecule has 244 valence electrons. The van der Waals surface area contributed by atoms with Gasteiger partial charge in [0.15, 0.2) is 0 Å². The molecule has 0 aliphatic rings. The van der Waals surface area contributed by atoms with Gasteiger partial charge in [0, 0.05) is 51.8 Å². The molecule has 0 fully saturated rings. The number of hydrogen-bond donors (Lipinski definition) is 1. The van der Waals surface area contributed by atoms with Crippen LogP contribution in [0.4, 0.5) is 11.4 Å². The largest absolute Gasteiger partial charge is 0.388 e. The molecular formula is C47H41N3. The summed E-state index contributed by atoms with van der Waals surface area (Å²) < 4.78 is 2.41. The Kier molecular flexibility index (Phi) is 9.30. The molecule has 0 saturated heterocycles. The Hall–Kier alpha value is -6.32. The molecule has 7 rings (SSSR count). The fourth-order valence-corrected chi connectivity index (χ4v) is 6.84. The first kappa shape index (κ1) is 32.2. The average molecular weight is 648 g/mol. The maximum Gasteiger partial charge on any atom is 0.0619 e. The van der Waals surface area contributed by atoms with Crippen LogP contribution in [0.15, 0.2) is 188 Å². The zero-order chi connectivity index (χ0) is 34.5. The molecule has 3 heteroatoms. The fraction of sp³-hybridized carbons (Fsp3) is 0.0638. The minimum absolute atomic E-state index is 1.02. The second-order valence-corrected chi connectivity index (χ2v) is 12.2. The van der Waals surface area contributed by atoms with Gasteiger partial charge in [-0.25, -0.2) is 0 Å². The molecule has 0 aliphatic carbocycles. The van der Waals surface area contributed by atoms with E-state index in [9.17, 15) is 0 Å². The molecule has 0 atom stereocenters. The van der Waals surface area contributed by atoms with Gasteiger partial charge in [-0.2, -0.15) is 0 Å². The van der Waals surface area contributed by atoms with Crippen LogP contribution in [0.1, 0.15) is 19.4 Å². The molecule has 0 unspecified atom stereocenters.